The number of methoxy groups -OCH3 is 2. The summed E-state index contributed by atoms with van der Waals surface area (Å²) < 4.78 is 62.7. The predicted molar refractivity (Wildman–Crippen MR) is 90.9 cm³/mol. The maximum atomic E-state index is 13.6. The molecule has 6 nitrogen and oxygen atoms in total. The number of benzene rings is 2. The molecule has 0 bridgehead atoms. The molecule has 2 rings (SSSR count). The third-order valence-corrected chi connectivity index (χ3v) is 5.47. The number of rotatable bonds is 6. The molecule has 0 amide bonds. The lowest BCUT2D eigenvalue weighted by Gasteiger charge is -2.23. The van der Waals surface area contributed by atoms with Crippen molar-refractivity contribution in [1.82, 2.24) is 0 Å². The monoisotopic (exact) mass is 405 g/mol. The minimum Gasteiger partial charge on any atom is -0.495 e. The van der Waals surface area contributed by atoms with Crippen molar-refractivity contribution in [3.8, 4) is 5.75 Å². The van der Waals surface area contributed by atoms with Crippen LogP contribution < -0.4 is 9.04 Å². The van der Waals surface area contributed by atoms with Gasteiger partial charge < -0.3 is 9.47 Å². The summed E-state index contributed by atoms with van der Waals surface area (Å²) in [6.07, 6.45) is 0. The SMILES string of the molecule is COC(=O)CN(c1ccc(F)c(F)c1)S(=O)(=O)c1ccc(OC)c(Cl)c1. The molecule has 0 heterocycles. The van der Waals surface area contributed by atoms with Gasteiger partial charge in [-0.05, 0) is 30.3 Å². The lowest BCUT2D eigenvalue weighted by atomic mass is 10.3. The van der Waals surface area contributed by atoms with Crippen LogP contribution in [0.3, 0.4) is 0 Å². The molecule has 2 aromatic carbocycles. The van der Waals surface area contributed by atoms with Crippen molar-refractivity contribution in [2.24, 2.45) is 0 Å². The van der Waals surface area contributed by atoms with Gasteiger partial charge in [0.1, 0.15) is 12.3 Å². The van der Waals surface area contributed by atoms with Crippen LogP contribution in [0, 0.1) is 11.6 Å². The first-order valence-corrected chi connectivity index (χ1v) is 8.90. The average Bonchev–Trinajstić information content (AvgIpc) is 2.61. The van der Waals surface area contributed by atoms with E-state index in [4.69, 9.17) is 16.3 Å². The molecule has 0 spiro atoms. The highest BCUT2D eigenvalue weighted by Crippen LogP contribution is 2.30. The number of anilines is 1. The van der Waals surface area contributed by atoms with Crippen LogP contribution in [0.2, 0.25) is 5.02 Å². The van der Waals surface area contributed by atoms with Gasteiger partial charge in [0.2, 0.25) is 0 Å². The van der Waals surface area contributed by atoms with Gasteiger partial charge >= 0.3 is 5.97 Å². The number of nitrogens with zero attached hydrogens (tertiary/aromatic N) is 1. The number of carbonyl (C=O) groups is 1. The number of hydrogen-bond donors (Lipinski definition) is 0. The van der Waals surface area contributed by atoms with Gasteiger partial charge in [0.15, 0.2) is 11.6 Å². The Morgan fingerprint density at radius 3 is 2.35 bits per heavy atom. The van der Waals surface area contributed by atoms with Crippen LogP contribution in [0.15, 0.2) is 41.3 Å². The summed E-state index contributed by atoms with van der Waals surface area (Å²) in [7, 11) is -1.90. The summed E-state index contributed by atoms with van der Waals surface area (Å²) in [6.45, 7) is -0.743. The van der Waals surface area contributed by atoms with Gasteiger partial charge in [-0.15, -0.1) is 0 Å². The molecule has 0 atom stereocenters. The highest BCUT2D eigenvalue weighted by atomic mass is 35.5. The van der Waals surface area contributed by atoms with Crippen LogP contribution in [-0.2, 0) is 19.6 Å². The zero-order chi connectivity index (χ0) is 19.5. The molecule has 140 valence electrons. The van der Waals surface area contributed by atoms with Crippen molar-refractivity contribution in [3.05, 3.63) is 53.1 Å². The van der Waals surface area contributed by atoms with Gasteiger partial charge in [-0.1, -0.05) is 11.6 Å². The van der Waals surface area contributed by atoms with Crippen molar-refractivity contribution in [1.29, 1.82) is 0 Å². The van der Waals surface area contributed by atoms with Gasteiger partial charge in [0.05, 0.1) is 29.8 Å². The quantitative estimate of drug-likeness (QED) is 0.691. The van der Waals surface area contributed by atoms with Crippen molar-refractivity contribution in [3.63, 3.8) is 0 Å². The van der Waals surface area contributed by atoms with E-state index >= 15 is 0 Å². The first kappa shape index (κ1) is 19.9. The van der Waals surface area contributed by atoms with E-state index in [1.807, 2.05) is 0 Å². The van der Waals surface area contributed by atoms with Crippen molar-refractivity contribution in [2.45, 2.75) is 4.90 Å². The molecule has 2 aromatic rings. The molecule has 0 saturated heterocycles. The molecule has 0 aliphatic carbocycles. The molecule has 0 N–H and O–H groups in total. The fraction of sp³-hybridized carbons (Fsp3) is 0.188. The van der Waals surface area contributed by atoms with E-state index in [0.717, 1.165) is 25.3 Å². The maximum absolute atomic E-state index is 13.6. The van der Waals surface area contributed by atoms with E-state index < -0.39 is 34.2 Å². The van der Waals surface area contributed by atoms with E-state index in [1.54, 1.807) is 0 Å². The Hall–Kier alpha value is -2.39. The molecule has 0 unspecified atom stereocenters. The minimum atomic E-state index is -4.33. The Balaban J connectivity index is 2.57. The second kappa shape index (κ2) is 7.88. The highest BCUT2D eigenvalue weighted by molar-refractivity contribution is 7.92. The van der Waals surface area contributed by atoms with Crippen molar-refractivity contribution < 1.29 is 31.5 Å². The average molecular weight is 406 g/mol. The zero-order valence-electron chi connectivity index (χ0n) is 13.7. The van der Waals surface area contributed by atoms with E-state index in [0.29, 0.717) is 10.4 Å². The van der Waals surface area contributed by atoms with E-state index in [1.165, 1.54) is 19.2 Å². The van der Waals surface area contributed by atoms with Crippen LogP contribution >= 0.6 is 11.6 Å². The zero-order valence-corrected chi connectivity index (χ0v) is 15.3. The Morgan fingerprint density at radius 2 is 1.81 bits per heavy atom. The second-order valence-electron chi connectivity index (χ2n) is 4.98. The molecule has 26 heavy (non-hydrogen) atoms. The Kier molecular flexibility index (Phi) is 6.04. The molecule has 0 aliphatic heterocycles. The predicted octanol–water partition coefficient (Wildman–Crippen LogP) is 3.00. The van der Waals surface area contributed by atoms with Crippen LogP contribution in [0.5, 0.6) is 5.75 Å². The van der Waals surface area contributed by atoms with Crippen molar-refractivity contribution in [2.75, 3.05) is 25.1 Å². The fourth-order valence-electron chi connectivity index (χ4n) is 2.07. The number of esters is 1. The Morgan fingerprint density at radius 1 is 1.12 bits per heavy atom. The third kappa shape index (κ3) is 4.05. The van der Waals surface area contributed by atoms with Crippen molar-refractivity contribution >= 4 is 33.3 Å². The molecule has 0 fully saturated rings. The molecule has 0 aromatic heterocycles. The minimum absolute atomic E-state index is 0.0249. The topological polar surface area (TPSA) is 72.9 Å². The fourth-order valence-corrected chi connectivity index (χ4v) is 3.82. The molecule has 0 saturated carbocycles. The number of carbonyl (C=O) groups excluding carboxylic acids is 1. The second-order valence-corrected chi connectivity index (χ2v) is 7.25. The third-order valence-electron chi connectivity index (χ3n) is 3.40. The maximum Gasteiger partial charge on any atom is 0.326 e. The summed E-state index contributed by atoms with van der Waals surface area (Å²) >= 11 is 5.96. The number of ether oxygens (including phenoxy) is 2. The van der Waals surface area contributed by atoms with Crippen LogP contribution in [0.4, 0.5) is 14.5 Å². The van der Waals surface area contributed by atoms with Crippen LogP contribution in [-0.4, -0.2) is 35.2 Å². The highest BCUT2D eigenvalue weighted by Gasteiger charge is 2.29. The van der Waals surface area contributed by atoms with E-state index in [2.05, 4.69) is 4.74 Å². The van der Waals surface area contributed by atoms with Crippen LogP contribution in [0.1, 0.15) is 0 Å². The summed E-state index contributed by atoms with van der Waals surface area (Å²) in [5.41, 5.74) is -0.249. The summed E-state index contributed by atoms with van der Waals surface area (Å²) in [5, 5.41) is 0.0249. The first-order chi connectivity index (χ1) is 12.2. The van der Waals surface area contributed by atoms with Gasteiger partial charge in [-0.3, -0.25) is 9.10 Å². The standard InChI is InChI=1S/C16H14ClF2NO5S/c1-24-15-6-4-11(8-12(15)17)26(22,23)20(9-16(21)25-2)10-3-5-13(18)14(19)7-10/h3-8H,9H2,1-2H3. The lowest BCUT2D eigenvalue weighted by molar-refractivity contribution is -0.138. The first-order valence-electron chi connectivity index (χ1n) is 7.09. The summed E-state index contributed by atoms with van der Waals surface area (Å²) in [6, 6.07) is 6.12. The van der Waals surface area contributed by atoms with Crippen LogP contribution in [0.25, 0.3) is 0 Å². The Bertz CT molecular complexity index is 936. The van der Waals surface area contributed by atoms with Gasteiger partial charge in [0, 0.05) is 6.07 Å². The summed E-state index contributed by atoms with van der Waals surface area (Å²) in [4.78, 5) is 11.4. The molecule has 0 aliphatic rings. The molecule has 0 radical (unpaired) electrons. The van der Waals surface area contributed by atoms with Gasteiger partial charge in [-0.25, -0.2) is 17.2 Å². The largest absolute Gasteiger partial charge is 0.495 e. The number of hydrogen-bond acceptors (Lipinski definition) is 5. The normalized spacial score (nSPS) is 11.1. The number of halogens is 3. The van der Waals surface area contributed by atoms with Gasteiger partial charge in [-0.2, -0.15) is 0 Å². The molecule has 10 heteroatoms. The summed E-state index contributed by atoms with van der Waals surface area (Å²) in [5.74, 6) is -3.06. The molecular formula is C16H14ClF2NO5S. The lowest BCUT2D eigenvalue weighted by Crippen LogP contribution is -2.36. The number of sulfonamides is 1. The smallest absolute Gasteiger partial charge is 0.326 e. The van der Waals surface area contributed by atoms with E-state index in [9.17, 15) is 22.0 Å². The van der Waals surface area contributed by atoms with Gasteiger partial charge in [0.25, 0.3) is 10.0 Å². The Labute approximate surface area is 153 Å². The van der Waals surface area contributed by atoms with E-state index in [-0.39, 0.29) is 21.4 Å². The molecular weight excluding hydrogens is 392 g/mol.